The first kappa shape index (κ1) is 32.5. The number of nitrogens with one attached hydrogen (secondary N) is 3. The van der Waals surface area contributed by atoms with E-state index in [4.69, 9.17) is 10.7 Å². The molecule has 2 heterocycles. The van der Waals surface area contributed by atoms with Crippen LogP contribution in [-0.4, -0.2) is 106 Å². The van der Waals surface area contributed by atoms with E-state index in [1.165, 1.54) is 64.2 Å². The fourth-order valence-electron chi connectivity index (χ4n) is 6.51. The summed E-state index contributed by atoms with van der Waals surface area (Å²) in [6.45, 7) is 8.27. The molecule has 1 aliphatic heterocycles. The number of nitrogens with zero attached hydrogens (tertiary/aromatic N) is 5. The average Bonchev–Trinajstić information content (AvgIpc) is 3.20. The molecule has 4 rings (SSSR count). The maximum atomic E-state index is 9.22. The molecule has 234 valence electrons. The standard InChI is InChI=1S/C28H55N9O3P/c29-26-33-27(35-28(34-26)37-17-5-15-36(18-19-37)16-6-20-41(38,39)40)32-22-24-11-9-23(10-12-24)21-30-13-4-14-31-25-7-2-1-3-8-25/h23-25,30-31,38-40H,1-22H2,(H3,29,32,33,34,35)/q+1. The van der Waals surface area contributed by atoms with E-state index in [9.17, 15) is 14.7 Å². The van der Waals surface area contributed by atoms with Crippen LogP contribution in [-0.2, 0) is 0 Å². The third kappa shape index (κ3) is 12.4. The van der Waals surface area contributed by atoms with Gasteiger partial charge >= 0.3 is 7.94 Å². The number of hydrogen-bond donors (Lipinski definition) is 7. The molecule has 3 aliphatic rings. The lowest BCUT2D eigenvalue weighted by atomic mass is 9.82. The quantitative estimate of drug-likeness (QED) is 0.117. The zero-order chi connectivity index (χ0) is 28.9. The molecule has 12 nitrogen and oxygen atoms in total. The molecule has 0 amide bonds. The normalized spacial score (nSPS) is 23.4. The van der Waals surface area contributed by atoms with Gasteiger partial charge in [0.1, 0.15) is 6.16 Å². The highest BCUT2D eigenvalue weighted by Crippen LogP contribution is 2.44. The topological polar surface area (TPSA) is 168 Å². The minimum Gasteiger partial charge on any atom is -0.368 e. The van der Waals surface area contributed by atoms with Crippen molar-refractivity contribution in [1.82, 2.24) is 30.5 Å². The lowest BCUT2D eigenvalue weighted by molar-refractivity contribution is 0.275. The maximum absolute atomic E-state index is 9.22. The van der Waals surface area contributed by atoms with Gasteiger partial charge in [0, 0.05) is 45.2 Å². The summed E-state index contributed by atoms with van der Waals surface area (Å²) < 4.78 is 0. The van der Waals surface area contributed by atoms with Gasteiger partial charge in [0.25, 0.3) is 0 Å². The molecule has 8 N–H and O–H groups in total. The van der Waals surface area contributed by atoms with Crippen LogP contribution < -0.4 is 26.6 Å². The first-order valence-electron chi connectivity index (χ1n) is 16.1. The second-order valence-corrected chi connectivity index (χ2v) is 14.2. The van der Waals surface area contributed by atoms with Gasteiger partial charge in [-0.1, -0.05) is 19.3 Å². The van der Waals surface area contributed by atoms with Crippen LogP contribution in [0.5, 0.6) is 0 Å². The van der Waals surface area contributed by atoms with Gasteiger partial charge in [-0.2, -0.15) is 29.6 Å². The van der Waals surface area contributed by atoms with Crippen molar-refractivity contribution in [2.75, 3.05) is 81.0 Å². The van der Waals surface area contributed by atoms with E-state index in [0.717, 1.165) is 77.3 Å². The highest BCUT2D eigenvalue weighted by atomic mass is 31.2. The summed E-state index contributed by atoms with van der Waals surface area (Å²) in [6.07, 6.45) is 14.7. The highest BCUT2D eigenvalue weighted by Gasteiger charge is 2.29. The summed E-state index contributed by atoms with van der Waals surface area (Å²) in [5, 5.41) is 10.9. The summed E-state index contributed by atoms with van der Waals surface area (Å²) in [5.74, 6) is 2.79. The van der Waals surface area contributed by atoms with Gasteiger partial charge < -0.3 is 31.5 Å². The monoisotopic (exact) mass is 596 g/mol. The fourth-order valence-corrected chi connectivity index (χ4v) is 7.08. The zero-order valence-electron chi connectivity index (χ0n) is 24.9. The molecule has 2 aliphatic carbocycles. The number of anilines is 3. The van der Waals surface area contributed by atoms with Crippen molar-refractivity contribution in [2.45, 2.75) is 83.1 Å². The SMILES string of the molecule is Nc1nc(NCC2CCC(CNCCCNC3CCCCC3)CC2)nc(N2CCCN(CCC[P+](O)(O)O)CC2)n1. The van der Waals surface area contributed by atoms with Crippen molar-refractivity contribution in [3.05, 3.63) is 0 Å². The van der Waals surface area contributed by atoms with Crippen molar-refractivity contribution in [3.8, 4) is 0 Å². The molecule has 1 aromatic heterocycles. The minimum atomic E-state index is -3.69. The molecule has 0 aromatic carbocycles. The Balaban J connectivity index is 1.10. The van der Waals surface area contributed by atoms with Crippen molar-refractivity contribution < 1.29 is 14.7 Å². The van der Waals surface area contributed by atoms with E-state index in [2.05, 4.69) is 35.7 Å². The summed E-state index contributed by atoms with van der Waals surface area (Å²) >= 11 is 0. The van der Waals surface area contributed by atoms with Crippen LogP contribution in [0.3, 0.4) is 0 Å². The summed E-state index contributed by atoms with van der Waals surface area (Å²) in [5.41, 5.74) is 6.06. The first-order valence-corrected chi connectivity index (χ1v) is 17.9. The van der Waals surface area contributed by atoms with Gasteiger partial charge in [0.2, 0.25) is 17.8 Å². The number of nitrogen functional groups attached to an aromatic ring is 1. The Morgan fingerprint density at radius 3 is 2.29 bits per heavy atom. The minimum absolute atomic E-state index is 0.0447. The van der Waals surface area contributed by atoms with Gasteiger partial charge in [0.05, 0.1) is 0 Å². The molecule has 3 fully saturated rings. The van der Waals surface area contributed by atoms with E-state index in [0.29, 0.717) is 24.2 Å². The Morgan fingerprint density at radius 2 is 1.54 bits per heavy atom. The molecule has 13 heteroatoms. The van der Waals surface area contributed by atoms with Gasteiger partial charge in [-0.25, -0.2) is 0 Å². The molecule has 0 unspecified atom stereocenters. The second kappa shape index (κ2) is 17.0. The van der Waals surface area contributed by atoms with Crippen LogP contribution in [0.25, 0.3) is 0 Å². The van der Waals surface area contributed by atoms with Crippen LogP contribution in [0.4, 0.5) is 17.8 Å². The predicted molar refractivity (Wildman–Crippen MR) is 167 cm³/mol. The third-order valence-electron chi connectivity index (χ3n) is 8.96. The summed E-state index contributed by atoms with van der Waals surface area (Å²) in [7, 11) is -3.69. The van der Waals surface area contributed by atoms with E-state index < -0.39 is 7.94 Å². The molecular formula is C28H55N9O3P+. The first-order chi connectivity index (χ1) is 19.8. The summed E-state index contributed by atoms with van der Waals surface area (Å²) in [6, 6.07) is 0.761. The predicted octanol–water partition coefficient (Wildman–Crippen LogP) is 2.22. The van der Waals surface area contributed by atoms with Crippen LogP contribution in [0, 0.1) is 11.8 Å². The van der Waals surface area contributed by atoms with Gasteiger partial charge in [-0.05, 0) is 89.4 Å². The van der Waals surface area contributed by atoms with Crippen LogP contribution >= 0.6 is 7.94 Å². The lowest BCUT2D eigenvalue weighted by Crippen LogP contribution is -2.34. The number of hydrogen-bond acceptors (Lipinski definition) is 12. The maximum Gasteiger partial charge on any atom is 0.403 e. The highest BCUT2D eigenvalue weighted by molar-refractivity contribution is 7.58. The molecule has 2 saturated carbocycles. The Hall–Kier alpha value is -1.40. The third-order valence-corrected chi connectivity index (χ3v) is 9.88. The zero-order valence-corrected chi connectivity index (χ0v) is 25.8. The van der Waals surface area contributed by atoms with Gasteiger partial charge in [0.15, 0.2) is 0 Å². The van der Waals surface area contributed by atoms with Crippen molar-refractivity contribution in [2.24, 2.45) is 11.8 Å². The smallest absolute Gasteiger partial charge is 0.368 e. The van der Waals surface area contributed by atoms with Crippen molar-refractivity contribution in [1.29, 1.82) is 0 Å². The van der Waals surface area contributed by atoms with E-state index in [1.807, 2.05) is 0 Å². The van der Waals surface area contributed by atoms with E-state index in [-0.39, 0.29) is 12.1 Å². The van der Waals surface area contributed by atoms with Crippen LogP contribution in [0.2, 0.25) is 0 Å². The molecule has 1 saturated heterocycles. The molecule has 1 aromatic rings. The van der Waals surface area contributed by atoms with E-state index >= 15 is 0 Å². The van der Waals surface area contributed by atoms with Crippen molar-refractivity contribution in [3.63, 3.8) is 0 Å². The Bertz CT molecular complexity index is 880. The molecular weight excluding hydrogens is 541 g/mol. The molecule has 41 heavy (non-hydrogen) atoms. The number of aromatic nitrogens is 3. The molecule has 0 spiro atoms. The Morgan fingerprint density at radius 1 is 0.780 bits per heavy atom. The van der Waals surface area contributed by atoms with Gasteiger partial charge in [-0.3, -0.25) is 0 Å². The average molecular weight is 597 g/mol. The van der Waals surface area contributed by atoms with Gasteiger partial charge in [-0.15, -0.1) is 0 Å². The largest absolute Gasteiger partial charge is 0.403 e. The van der Waals surface area contributed by atoms with E-state index in [1.54, 1.807) is 0 Å². The molecule has 0 atom stereocenters. The Kier molecular flexibility index (Phi) is 13.5. The van der Waals surface area contributed by atoms with Crippen LogP contribution in [0.15, 0.2) is 0 Å². The second-order valence-electron chi connectivity index (χ2n) is 12.4. The number of nitrogens with two attached hydrogens (primary N) is 1. The Labute approximate surface area is 246 Å². The summed E-state index contributed by atoms with van der Waals surface area (Å²) in [4.78, 5) is 45.5. The van der Waals surface area contributed by atoms with Crippen molar-refractivity contribution >= 4 is 25.8 Å². The molecule has 0 bridgehead atoms. The fraction of sp³-hybridized carbons (Fsp3) is 0.893. The van der Waals surface area contributed by atoms with Crippen LogP contribution in [0.1, 0.15) is 77.0 Å². The number of rotatable bonds is 15. The molecule has 0 radical (unpaired) electrons. The lowest BCUT2D eigenvalue weighted by Gasteiger charge is -2.29.